The van der Waals surface area contributed by atoms with E-state index in [-0.39, 0.29) is 0 Å². The fourth-order valence-corrected chi connectivity index (χ4v) is 12.0. The van der Waals surface area contributed by atoms with Gasteiger partial charge in [0.15, 0.2) is 0 Å². The highest BCUT2D eigenvalue weighted by Gasteiger charge is 2.30. The summed E-state index contributed by atoms with van der Waals surface area (Å²) in [6.45, 7) is 8.57. The van der Waals surface area contributed by atoms with Crippen LogP contribution in [0.25, 0.3) is 0 Å². The van der Waals surface area contributed by atoms with Crippen molar-refractivity contribution in [1.82, 2.24) is 0 Å². The van der Waals surface area contributed by atoms with Crippen LogP contribution in [0.5, 0.6) is 0 Å². The number of rotatable bonds is 24. The van der Waals surface area contributed by atoms with Crippen LogP contribution in [0.4, 0.5) is 0 Å². The Balaban J connectivity index is 0.768. The number of hydrogen-bond donors (Lipinski definition) is 0. The molecule has 320 valence electrons. The Bertz CT molecular complexity index is 1170. The van der Waals surface area contributed by atoms with Gasteiger partial charge in [0, 0.05) is 26.4 Å². The van der Waals surface area contributed by atoms with Crippen molar-refractivity contribution in [2.45, 2.75) is 205 Å². The molecule has 0 heterocycles. The van der Waals surface area contributed by atoms with Gasteiger partial charge in [-0.1, -0.05) is 113 Å². The number of benzene rings is 2. The molecule has 2 aromatic rings. The molecule has 2 aromatic carbocycles. The molecule has 4 saturated carbocycles. The molecule has 4 aliphatic rings. The predicted octanol–water partition coefficient (Wildman–Crippen LogP) is 15.3. The van der Waals surface area contributed by atoms with Crippen LogP contribution < -0.4 is 0 Å². The second kappa shape index (κ2) is 25.8. The van der Waals surface area contributed by atoms with E-state index >= 15 is 0 Å². The molecule has 0 saturated heterocycles. The zero-order valence-electron chi connectivity index (χ0n) is 37.0. The number of hydrogen-bond acceptors (Lipinski definition) is 3. The molecule has 0 amide bonds. The van der Waals surface area contributed by atoms with Gasteiger partial charge in [-0.15, -0.1) is 0 Å². The summed E-state index contributed by atoms with van der Waals surface area (Å²) in [6.07, 6.45) is 35.8. The zero-order chi connectivity index (χ0) is 39.3. The van der Waals surface area contributed by atoms with Crippen molar-refractivity contribution >= 4 is 0 Å². The van der Waals surface area contributed by atoms with Gasteiger partial charge < -0.3 is 14.2 Å². The molecule has 4 fully saturated rings. The fraction of sp³-hybridized carbons (Fsp3) is 0.778. The van der Waals surface area contributed by atoms with Crippen molar-refractivity contribution in [3.8, 4) is 0 Å². The molecule has 3 heteroatoms. The molecule has 3 nitrogen and oxygen atoms in total. The molecule has 2 atom stereocenters. The topological polar surface area (TPSA) is 27.7 Å². The van der Waals surface area contributed by atoms with E-state index in [9.17, 15) is 0 Å². The molecule has 0 radical (unpaired) electrons. The summed E-state index contributed by atoms with van der Waals surface area (Å²) in [5.41, 5.74) is 3.14. The van der Waals surface area contributed by atoms with Gasteiger partial charge in [0.25, 0.3) is 0 Å². The van der Waals surface area contributed by atoms with Crippen LogP contribution in [0.2, 0.25) is 0 Å². The first-order valence-corrected chi connectivity index (χ1v) is 25.1. The lowest BCUT2D eigenvalue weighted by Crippen LogP contribution is -2.27. The molecule has 0 aliphatic heterocycles. The maximum Gasteiger partial charge on any atom is 0.0575 e. The lowest BCUT2D eigenvalue weighted by molar-refractivity contribution is -0.0179. The van der Waals surface area contributed by atoms with E-state index in [1.54, 1.807) is 11.1 Å². The van der Waals surface area contributed by atoms with Crippen LogP contribution in [0, 0.1) is 35.5 Å². The largest absolute Gasteiger partial charge is 0.381 e. The minimum atomic E-state index is 0.481. The van der Waals surface area contributed by atoms with Crippen LogP contribution >= 0.6 is 0 Å². The Hall–Kier alpha value is -1.68. The van der Waals surface area contributed by atoms with Gasteiger partial charge in [-0.2, -0.15) is 0 Å². The third kappa shape index (κ3) is 15.4. The average Bonchev–Trinajstić information content (AvgIpc) is 3.27. The van der Waals surface area contributed by atoms with E-state index in [1.165, 1.54) is 167 Å². The summed E-state index contributed by atoms with van der Waals surface area (Å²) in [5.74, 6) is 6.70. The molecule has 4 aliphatic carbocycles. The molecule has 0 N–H and O–H groups in total. The standard InChI is InChI=1S/C54H86O3/c1-3-5-15-45(49-27-31-51(32-28-49)47-17-9-7-10-18-47)21-13-39-56-53-35-23-43(24-36-53)41-55-42-44-25-37-54(38-26-44)57-40-14-22-46(16-6-4-2)50-29-33-52(34-30-50)48-19-11-8-12-20-48/h7-12,17-20,43-46,49-54H,3-6,13-16,21-42H2,1-2H3. The summed E-state index contributed by atoms with van der Waals surface area (Å²) in [6, 6.07) is 22.6. The molecule has 2 unspecified atom stereocenters. The number of unbranched alkanes of at least 4 members (excludes halogenated alkanes) is 2. The van der Waals surface area contributed by atoms with E-state index in [2.05, 4.69) is 74.5 Å². The summed E-state index contributed by atoms with van der Waals surface area (Å²) in [7, 11) is 0. The molecule has 0 aromatic heterocycles. The van der Waals surface area contributed by atoms with Crippen molar-refractivity contribution in [3.63, 3.8) is 0 Å². The summed E-state index contributed by atoms with van der Waals surface area (Å²) in [5, 5.41) is 0. The minimum Gasteiger partial charge on any atom is -0.381 e. The first kappa shape index (κ1) is 44.9. The van der Waals surface area contributed by atoms with Crippen molar-refractivity contribution in [1.29, 1.82) is 0 Å². The van der Waals surface area contributed by atoms with Crippen molar-refractivity contribution in [2.24, 2.45) is 35.5 Å². The highest BCUT2D eigenvalue weighted by Crippen LogP contribution is 2.43. The third-order valence-corrected chi connectivity index (χ3v) is 15.7. The van der Waals surface area contributed by atoms with E-state index in [0.717, 1.165) is 73.8 Å². The monoisotopic (exact) mass is 783 g/mol. The smallest absolute Gasteiger partial charge is 0.0575 e. The Morgan fingerprint density at radius 1 is 0.439 bits per heavy atom. The quantitative estimate of drug-likeness (QED) is 0.0993. The van der Waals surface area contributed by atoms with Crippen LogP contribution in [0.1, 0.15) is 204 Å². The van der Waals surface area contributed by atoms with Crippen LogP contribution in [-0.4, -0.2) is 38.6 Å². The van der Waals surface area contributed by atoms with Crippen molar-refractivity contribution < 1.29 is 14.2 Å². The maximum absolute atomic E-state index is 6.51. The lowest BCUT2D eigenvalue weighted by Gasteiger charge is -2.35. The van der Waals surface area contributed by atoms with Crippen molar-refractivity contribution in [2.75, 3.05) is 26.4 Å². The second-order valence-electron chi connectivity index (χ2n) is 19.7. The normalized spacial score (nSPS) is 29.5. The van der Waals surface area contributed by atoms with Crippen LogP contribution in [0.15, 0.2) is 60.7 Å². The Morgan fingerprint density at radius 2 is 0.807 bits per heavy atom. The van der Waals surface area contributed by atoms with Crippen molar-refractivity contribution in [3.05, 3.63) is 71.8 Å². The van der Waals surface area contributed by atoms with E-state index in [1.807, 2.05) is 0 Å². The Labute approximate surface area is 351 Å². The summed E-state index contributed by atoms with van der Waals surface area (Å²) >= 11 is 0. The van der Waals surface area contributed by atoms with Gasteiger partial charge in [-0.3, -0.25) is 0 Å². The first-order valence-electron chi connectivity index (χ1n) is 25.1. The first-order chi connectivity index (χ1) is 28.2. The fourth-order valence-electron chi connectivity index (χ4n) is 12.0. The van der Waals surface area contributed by atoms with Gasteiger partial charge in [0.1, 0.15) is 0 Å². The van der Waals surface area contributed by atoms with E-state index in [0.29, 0.717) is 12.2 Å². The zero-order valence-corrected chi connectivity index (χ0v) is 37.0. The number of ether oxygens (including phenoxy) is 3. The average molecular weight is 783 g/mol. The van der Waals surface area contributed by atoms with Gasteiger partial charge >= 0.3 is 0 Å². The van der Waals surface area contributed by atoms with Gasteiger partial charge in [-0.05, 0) is 187 Å². The predicted molar refractivity (Wildman–Crippen MR) is 241 cm³/mol. The Morgan fingerprint density at radius 3 is 1.18 bits per heavy atom. The molecule has 0 bridgehead atoms. The van der Waals surface area contributed by atoms with Crippen LogP contribution in [0.3, 0.4) is 0 Å². The molecule has 6 rings (SSSR count). The molecular weight excluding hydrogens is 697 g/mol. The van der Waals surface area contributed by atoms with Gasteiger partial charge in [-0.25, -0.2) is 0 Å². The van der Waals surface area contributed by atoms with E-state index in [4.69, 9.17) is 14.2 Å². The summed E-state index contributed by atoms with van der Waals surface area (Å²) < 4.78 is 19.4. The third-order valence-electron chi connectivity index (χ3n) is 15.7. The Kier molecular flexibility index (Phi) is 20.3. The molecule has 0 spiro atoms. The highest BCUT2D eigenvalue weighted by atomic mass is 16.5. The molecule has 57 heavy (non-hydrogen) atoms. The highest BCUT2D eigenvalue weighted by molar-refractivity contribution is 5.21. The minimum absolute atomic E-state index is 0.481. The molecular formula is C54H86O3. The van der Waals surface area contributed by atoms with Crippen LogP contribution in [-0.2, 0) is 14.2 Å². The maximum atomic E-state index is 6.51. The van der Waals surface area contributed by atoms with Gasteiger partial charge in [0.2, 0.25) is 0 Å². The lowest BCUT2D eigenvalue weighted by atomic mass is 9.71. The summed E-state index contributed by atoms with van der Waals surface area (Å²) in [4.78, 5) is 0. The second-order valence-corrected chi connectivity index (χ2v) is 19.7. The SMILES string of the molecule is CCCCC(CCCOC1CCC(COCC2CCC(OCCCC(CCCC)C3CCC(c4ccccc4)CC3)CC2)CC1)C1CCC(c2ccccc2)CC1. The van der Waals surface area contributed by atoms with Gasteiger partial charge in [0.05, 0.1) is 12.2 Å². The van der Waals surface area contributed by atoms with E-state index < -0.39 is 0 Å².